The van der Waals surface area contributed by atoms with Crippen LogP contribution in [0.4, 0.5) is 0 Å². The summed E-state index contributed by atoms with van der Waals surface area (Å²) in [7, 11) is -3.41. The lowest BCUT2D eigenvalue weighted by Gasteiger charge is -2.44. The number of ether oxygens (including phenoxy) is 2. The molecule has 7 nitrogen and oxygen atoms in total. The van der Waals surface area contributed by atoms with E-state index in [0.29, 0.717) is 51.7 Å². The van der Waals surface area contributed by atoms with Gasteiger partial charge in [0.1, 0.15) is 0 Å². The molecule has 4 fully saturated rings. The first-order chi connectivity index (χ1) is 12.6. The summed E-state index contributed by atoms with van der Waals surface area (Å²) in [5.74, 6) is 0.300. The van der Waals surface area contributed by atoms with Gasteiger partial charge in [-0.2, -0.15) is 12.7 Å². The Morgan fingerprint density at radius 1 is 0.962 bits per heavy atom. The largest absolute Gasteiger partial charge is 0.347 e. The molecule has 2 atom stereocenters. The maximum absolute atomic E-state index is 12.6. The third-order valence-corrected chi connectivity index (χ3v) is 8.29. The molecular weight excluding hydrogens is 354 g/mol. The summed E-state index contributed by atoms with van der Waals surface area (Å²) in [6.07, 6.45) is 9.16. The SMILES string of the molecule is O=S(=O)(NCCN1CCC[C@H]2CCCC[C@@H]21)N1CCC2(CC1)OCCO2. The first-order valence-corrected chi connectivity index (χ1v) is 11.8. The average Bonchev–Trinajstić information content (AvgIpc) is 3.10. The predicted octanol–water partition coefficient (Wildman–Crippen LogP) is 1.31. The zero-order chi connectivity index (χ0) is 18.0. The van der Waals surface area contributed by atoms with Gasteiger partial charge in [0.2, 0.25) is 0 Å². The molecule has 8 heteroatoms. The maximum Gasteiger partial charge on any atom is 0.279 e. The Hall–Kier alpha value is -0.250. The van der Waals surface area contributed by atoms with Gasteiger partial charge in [0.25, 0.3) is 10.2 Å². The van der Waals surface area contributed by atoms with Crippen molar-refractivity contribution in [2.75, 3.05) is 45.9 Å². The van der Waals surface area contributed by atoms with Gasteiger partial charge < -0.3 is 9.47 Å². The highest BCUT2D eigenvalue weighted by atomic mass is 32.2. The van der Waals surface area contributed by atoms with Crippen molar-refractivity contribution < 1.29 is 17.9 Å². The highest BCUT2D eigenvalue weighted by Gasteiger charge is 2.42. The van der Waals surface area contributed by atoms with Crippen LogP contribution < -0.4 is 4.72 Å². The Morgan fingerprint density at radius 2 is 1.65 bits per heavy atom. The smallest absolute Gasteiger partial charge is 0.279 e. The molecule has 1 saturated carbocycles. The van der Waals surface area contributed by atoms with Gasteiger partial charge in [-0.05, 0) is 38.1 Å². The van der Waals surface area contributed by atoms with Crippen LogP contribution in [0.3, 0.4) is 0 Å². The minimum Gasteiger partial charge on any atom is -0.347 e. The molecule has 0 aromatic rings. The van der Waals surface area contributed by atoms with Gasteiger partial charge in [0.15, 0.2) is 5.79 Å². The van der Waals surface area contributed by atoms with Crippen LogP contribution in [0.2, 0.25) is 0 Å². The van der Waals surface area contributed by atoms with E-state index in [4.69, 9.17) is 9.47 Å². The van der Waals surface area contributed by atoms with Crippen LogP contribution in [0.25, 0.3) is 0 Å². The van der Waals surface area contributed by atoms with Crippen LogP contribution in [0.1, 0.15) is 51.4 Å². The summed E-state index contributed by atoms with van der Waals surface area (Å²) in [6, 6.07) is 0.675. The third-order valence-electron chi connectivity index (χ3n) is 6.68. The molecule has 0 aromatic heterocycles. The minimum atomic E-state index is -3.41. The number of fused-ring (bicyclic) bond motifs is 1. The molecule has 3 saturated heterocycles. The van der Waals surface area contributed by atoms with E-state index in [1.165, 1.54) is 38.5 Å². The lowest BCUT2D eigenvalue weighted by atomic mass is 9.78. The van der Waals surface area contributed by atoms with E-state index in [0.717, 1.165) is 19.0 Å². The molecule has 0 unspecified atom stereocenters. The van der Waals surface area contributed by atoms with Crippen LogP contribution in [0, 0.1) is 5.92 Å². The number of piperidine rings is 2. The lowest BCUT2D eigenvalue weighted by Crippen LogP contribution is -2.53. The fraction of sp³-hybridized carbons (Fsp3) is 1.00. The summed E-state index contributed by atoms with van der Waals surface area (Å²) in [6.45, 7) is 4.59. The molecule has 4 aliphatic rings. The Bertz CT molecular complexity index is 567. The minimum absolute atomic E-state index is 0.462. The van der Waals surface area contributed by atoms with Crippen LogP contribution in [0.15, 0.2) is 0 Å². The quantitative estimate of drug-likeness (QED) is 0.770. The summed E-state index contributed by atoms with van der Waals surface area (Å²) < 4.78 is 41.0. The van der Waals surface area contributed by atoms with Crippen LogP contribution in [-0.2, 0) is 19.7 Å². The molecule has 0 aromatic carbocycles. The molecule has 1 N–H and O–H groups in total. The Balaban J connectivity index is 1.25. The predicted molar refractivity (Wildman–Crippen MR) is 98.9 cm³/mol. The molecule has 1 aliphatic carbocycles. The van der Waals surface area contributed by atoms with Gasteiger partial charge in [0, 0.05) is 45.1 Å². The number of nitrogens with zero attached hydrogens (tertiary/aromatic N) is 2. The Labute approximate surface area is 157 Å². The molecule has 0 bridgehead atoms. The van der Waals surface area contributed by atoms with Crippen molar-refractivity contribution in [2.45, 2.75) is 63.2 Å². The number of hydrogen-bond acceptors (Lipinski definition) is 5. The maximum atomic E-state index is 12.6. The van der Waals surface area contributed by atoms with Gasteiger partial charge >= 0.3 is 0 Å². The van der Waals surface area contributed by atoms with Crippen molar-refractivity contribution in [1.82, 2.24) is 13.9 Å². The van der Waals surface area contributed by atoms with Gasteiger partial charge in [-0.15, -0.1) is 0 Å². The standard InChI is InChI=1S/C18H33N3O4S/c22-26(23,21-11-7-18(8-12-21)24-14-15-25-18)19-9-13-20-10-3-5-16-4-1-2-6-17(16)20/h16-17,19H,1-15H2/t16-,17+/m1/s1. The first kappa shape index (κ1) is 19.1. The van der Waals surface area contributed by atoms with E-state index in [-0.39, 0.29) is 0 Å². The molecule has 1 spiro atoms. The van der Waals surface area contributed by atoms with E-state index >= 15 is 0 Å². The monoisotopic (exact) mass is 387 g/mol. The molecule has 0 amide bonds. The number of rotatable bonds is 5. The van der Waals surface area contributed by atoms with Gasteiger partial charge in [-0.25, -0.2) is 4.72 Å². The molecule has 3 heterocycles. The summed E-state index contributed by atoms with van der Waals surface area (Å²) in [4.78, 5) is 2.53. The molecule has 150 valence electrons. The van der Waals surface area contributed by atoms with E-state index in [1.54, 1.807) is 4.31 Å². The fourth-order valence-electron chi connectivity index (χ4n) is 5.27. The van der Waals surface area contributed by atoms with Crippen LogP contribution in [-0.4, -0.2) is 75.4 Å². The molecule has 3 aliphatic heterocycles. The van der Waals surface area contributed by atoms with E-state index in [1.807, 2.05) is 0 Å². The molecule has 0 radical (unpaired) electrons. The summed E-state index contributed by atoms with van der Waals surface area (Å²) in [5.41, 5.74) is 0. The number of likely N-dealkylation sites (tertiary alicyclic amines) is 1. The first-order valence-electron chi connectivity index (χ1n) is 10.3. The molecular formula is C18H33N3O4S. The van der Waals surface area contributed by atoms with E-state index in [9.17, 15) is 8.42 Å². The summed E-state index contributed by atoms with van der Waals surface area (Å²) >= 11 is 0. The van der Waals surface area contributed by atoms with Gasteiger partial charge in [-0.1, -0.05) is 12.8 Å². The zero-order valence-electron chi connectivity index (χ0n) is 15.7. The zero-order valence-corrected chi connectivity index (χ0v) is 16.5. The van der Waals surface area contributed by atoms with Crippen LogP contribution >= 0.6 is 0 Å². The number of hydrogen-bond donors (Lipinski definition) is 1. The highest BCUT2D eigenvalue weighted by molar-refractivity contribution is 7.87. The topological polar surface area (TPSA) is 71.1 Å². The Kier molecular flexibility index (Phi) is 5.88. The molecule has 26 heavy (non-hydrogen) atoms. The van der Waals surface area contributed by atoms with Crippen molar-refractivity contribution in [3.63, 3.8) is 0 Å². The highest BCUT2D eigenvalue weighted by Crippen LogP contribution is 2.35. The van der Waals surface area contributed by atoms with E-state index < -0.39 is 16.0 Å². The van der Waals surface area contributed by atoms with Crippen molar-refractivity contribution >= 4 is 10.2 Å². The van der Waals surface area contributed by atoms with Gasteiger partial charge in [-0.3, -0.25) is 4.90 Å². The van der Waals surface area contributed by atoms with Gasteiger partial charge in [0.05, 0.1) is 13.2 Å². The van der Waals surface area contributed by atoms with Crippen molar-refractivity contribution in [1.29, 1.82) is 0 Å². The van der Waals surface area contributed by atoms with Crippen LogP contribution in [0.5, 0.6) is 0 Å². The second-order valence-electron chi connectivity index (χ2n) is 8.20. The third kappa shape index (κ3) is 4.10. The van der Waals surface area contributed by atoms with Crippen molar-refractivity contribution in [3.05, 3.63) is 0 Å². The number of nitrogens with one attached hydrogen (secondary N) is 1. The van der Waals surface area contributed by atoms with Crippen molar-refractivity contribution in [3.8, 4) is 0 Å². The lowest BCUT2D eigenvalue weighted by molar-refractivity contribution is -0.179. The Morgan fingerprint density at radius 3 is 2.42 bits per heavy atom. The van der Waals surface area contributed by atoms with E-state index in [2.05, 4.69) is 9.62 Å². The summed E-state index contributed by atoms with van der Waals surface area (Å²) in [5, 5.41) is 0. The second-order valence-corrected chi connectivity index (χ2v) is 9.95. The second kappa shape index (κ2) is 8.01. The van der Waals surface area contributed by atoms with Crippen molar-refractivity contribution in [2.24, 2.45) is 5.92 Å². The average molecular weight is 388 g/mol. The fourth-order valence-corrected chi connectivity index (χ4v) is 6.46. The molecule has 4 rings (SSSR count). The normalized spacial score (nSPS) is 33.4.